The number of allylic oxidation sites excluding steroid dienone is 20. The molecule has 2 aliphatic rings. The largest absolute Gasteiger partial charge is 0.332 e. The quantitative estimate of drug-likeness (QED) is 0.0789. The van der Waals surface area contributed by atoms with E-state index in [1.165, 1.54) is 39.0 Å². The summed E-state index contributed by atoms with van der Waals surface area (Å²) < 4.78 is 33.3. The van der Waals surface area contributed by atoms with Gasteiger partial charge in [0.15, 0.2) is 0 Å². The molecule has 6 nitrogen and oxygen atoms in total. The molecule has 0 saturated heterocycles. The van der Waals surface area contributed by atoms with Crippen molar-refractivity contribution >= 4 is 17.2 Å². The van der Waals surface area contributed by atoms with Gasteiger partial charge in [-0.05, 0) is 77.2 Å². The van der Waals surface area contributed by atoms with Gasteiger partial charge in [0, 0.05) is 34.4 Å². The minimum atomic E-state index is -1.31. The van der Waals surface area contributed by atoms with Crippen molar-refractivity contribution in [1.82, 2.24) is 0 Å². The lowest BCUT2D eigenvalue weighted by Gasteiger charge is -2.40. The van der Waals surface area contributed by atoms with Gasteiger partial charge in [-0.15, -0.1) is 0 Å². The normalized spacial score (nSPS) is 24.0. The van der Waals surface area contributed by atoms with E-state index in [9.17, 15) is 0 Å². The zero-order valence-electron chi connectivity index (χ0n) is 34.4. The topological polar surface area (TPSA) is 55.4 Å². The molecule has 0 aromatic rings. The van der Waals surface area contributed by atoms with E-state index in [0.717, 1.165) is 19.3 Å². The smallest absolute Gasteiger partial charge is 0.316 e. The first kappa shape index (κ1) is 45.9. The molecule has 0 radical (unpaired) electrons. The molecule has 0 amide bonds. The first-order valence-electron chi connectivity index (χ1n) is 18.1. The van der Waals surface area contributed by atoms with Crippen LogP contribution in [0.1, 0.15) is 88.5 Å². The van der Waals surface area contributed by atoms with E-state index in [0.29, 0.717) is 5.92 Å². The third kappa shape index (κ3) is 16.0. The average molecular weight is 753 g/mol. The fourth-order valence-electron chi connectivity index (χ4n) is 6.78. The minimum Gasteiger partial charge on any atom is -0.316 e. The summed E-state index contributed by atoms with van der Waals surface area (Å²) in [5.41, 5.74) is 8.90. The Kier molecular flexibility index (Phi) is 20.2. The van der Waals surface area contributed by atoms with Gasteiger partial charge in [-0.25, -0.2) is 0 Å². The summed E-state index contributed by atoms with van der Waals surface area (Å²) in [5.74, 6) is 0.343. The molecule has 0 aromatic heterocycles. The zero-order chi connectivity index (χ0) is 38.9. The Balaban J connectivity index is 1.92. The molecule has 288 valence electrons. The Labute approximate surface area is 319 Å². The fourth-order valence-corrected chi connectivity index (χ4v) is 8.17. The highest BCUT2D eigenvalue weighted by Gasteiger charge is 2.37. The van der Waals surface area contributed by atoms with Crippen molar-refractivity contribution in [2.24, 2.45) is 16.7 Å². The summed E-state index contributed by atoms with van der Waals surface area (Å²) in [7, 11) is 3.89. The lowest BCUT2D eigenvalue weighted by Crippen LogP contribution is -2.33. The maximum absolute atomic E-state index is 6.07. The molecule has 2 rings (SSSR count). The Hall–Kier alpha value is -2.24. The van der Waals surface area contributed by atoms with Crippen LogP contribution in [-0.4, -0.2) is 40.6 Å². The molecule has 8 heteroatoms. The van der Waals surface area contributed by atoms with Crippen LogP contribution in [0.25, 0.3) is 0 Å². The molecule has 3 atom stereocenters. The lowest BCUT2D eigenvalue weighted by molar-refractivity contribution is 0.105. The molecule has 3 unspecified atom stereocenters. The Bertz CT molecular complexity index is 1490. The third-order valence-electron chi connectivity index (χ3n) is 9.35. The van der Waals surface area contributed by atoms with Gasteiger partial charge in [-0.3, -0.25) is 0 Å². The fraction of sp³-hybridized carbons (Fsp3) is 0.500. The maximum Gasteiger partial charge on any atom is 0.332 e. The molecule has 2 aliphatic carbocycles. The van der Waals surface area contributed by atoms with Crippen molar-refractivity contribution in [2.45, 2.75) is 101 Å². The van der Waals surface area contributed by atoms with Gasteiger partial charge in [0.05, 0.1) is 12.2 Å². The van der Waals surface area contributed by atoms with Crippen LogP contribution < -0.4 is 0 Å². The highest BCUT2D eigenvalue weighted by Crippen LogP contribution is 2.49. The van der Waals surface area contributed by atoms with Crippen molar-refractivity contribution in [3.63, 3.8) is 0 Å². The Morgan fingerprint density at radius 2 is 1.13 bits per heavy atom. The summed E-state index contributed by atoms with van der Waals surface area (Å²) in [4.78, 5) is 0. The van der Waals surface area contributed by atoms with Crippen LogP contribution in [0.2, 0.25) is 0 Å². The Morgan fingerprint density at radius 1 is 0.654 bits per heavy atom. The van der Waals surface area contributed by atoms with Crippen LogP contribution in [0.4, 0.5) is 0 Å². The van der Waals surface area contributed by atoms with Crippen LogP contribution in [0.3, 0.4) is 0 Å². The van der Waals surface area contributed by atoms with E-state index in [1.807, 2.05) is 0 Å². The van der Waals surface area contributed by atoms with Crippen molar-refractivity contribution in [3.8, 4) is 0 Å². The molecule has 0 fully saturated rings. The van der Waals surface area contributed by atoms with Gasteiger partial charge >= 0.3 is 17.2 Å². The summed E-state index contributed by atoms with van der Waals surface area (Å²) >= 11 is 0. The number of hydrogen-bond donors (Lipinski definition) is 0. The first-order valence-corrected chi connectivity index (χ1v) is 20.3. The van der Waals surface area contributed by atoms with Crippen LogP contribution in [0.15, 0.2) is 130 Å². The molecule has 0 spiro atoms. The SMILES string of the molecule is COP(OC)OC1C=C(C)C(/C=C/C(C)=C/C=C/C(C)=C/C=C/C=C(C)/C=C/C=C(C)/C=C/C2=C(C)CC(OP(OC)OC)CC2(C)C)C(C)(C)C1. The molecule has 0 N–H and O–H groups in total. The molecule has 0 saturated carbocycles. The van der Waals surface area contributed by atoms with Gasteiger partial charge in [-0.2, -0.15) is 0 Å². The maximum atomic E-state index is 6.07. The van der Waals surface area contributed by atoms with Crippen LogP contribution in [0, 0.1) is 16.7 Å². The second-order valence-corrected chi connectivity index (χ2v) is 17.8. The zero-order valence-corrected chi connectivity index (χ0v) is 36.1. The number of hydrogen-bond acceptors (Lipinski definition) is 6. The van der Waals surface area contributed by atoms with Crippen molar-refractivity contribution in [3.05, 3.63) is 130 Å². The van der Waals surface area contributed by atoms with Gasteiger partial charge < -0.3 is 27.1 Å². The second-order valence-electron chi connectivity index (χ2n) is 15.1. The average Bonchev–Trinajstić information content (AvgIpc) is 3.06. The summed E-state index contributed by atoms with van der Waals surface area (Å²) in [6.45, 7) is 22.1. The highest BCUT2D eigenvalue weighted by atomic mass is 31.2. The van der Waals surface area contributed by atoms with Gasteiger partial charge in [0.1, 0.15) is 0 Å². The monoisotopic (exact) mass is 752 g/mol. The van der Waals surface area contributed by atoms with Gasteiger partial charge in [0.2, 0.25) is 0 Å². The molecular formula is C44H66O6P2. The lowest BCUT2D eigenvalue weighted by atomic mass is 9.67. The standard InChI is InChI=1S/C44H66O6P2/c1-33(21-17-23-35(3)25-27-41-37(5)29-39(31-43(41,7)8)49-51(45-11)46-12)19-15-16-20-34(2)22-18-24-36(4)26-28-42-38(6)30-40(32-44(42,9)10)50-52(47-13)48-14/h15-29,39-41H,30-32H2,1-14H3/b16-15+,21-17+,22-18+,27-25+,28-26+,33-19+,34-20+,35-23+,36-24+. The van der Waals surface area contributed by atoms with Gasteiger partial charge in [0.25, 0.3) is 0 Å². The van der Waals surface area contributed by atoms with E-state index >= 15 is 0 Å². The second kappa shape index (κ2) is 22.9. The summed E-state index contributed by atoms with van der Waals surface area (Å²) in [6, 6.07) is 0. The van der Waals surface area contributed by atoms with E-state index in [1.54, 1.807) is 28.4 Å². The van der Waals surface area contributed by atoms with Crippen molar-refractivity contribution in [2.75, 3.05) is 28.4 Å². The third-order valence-corrected chi connectivity index (χ3v) is 11.5. The molecule has 0 aliphatic heterocycles. The summed E-state index contributed by atoms with van der Waals surface area (Å²) in [6.07, 6.45) is 35.3. The molecule has 0 aromatic carbocycles. The van der Waals surface area contributed by atoms with Crippen molar-refractivity contribution < 1.29 is 27.1 Å². The van der Waals surface area contributed by atoms with E-state index in [-0.39, 0.29) is 23.0 Å². The Morgan fingerprint density at radius 3 is 1.63 bits per heavy atom. The van der Waals surface area contributed by atoms with E-state index in [2.05, 4.69) is 160 Å². The molecule has 0 heterocycles. The van der Waals surface area contributed by atoms with Crippen molar-refractivity contribution in [1.29, 1.82) is 0 Å². The van der Waals surface area contributed by atoms with Crippen LogP contribution in [0.5, 0.6) is 0 Å². The van der Waals surface area contributed by atoms with Gasteiger partial charge in [-0.1, -0.05) is 152 Å². The first-order chi connectivity index (χ1) is 24.5. The highest BCUT2D eigenvalue weighted by molar-refractivity contribution is 7.41. The van der Waals surface area contributed by atoms with E-state index in [4.69, 9.17) is 27.1 Å². The predicted octanol–water partition coefficient (Wildman–Crippen LogP) is 13.5. The number of rotatable bonds is 18. The molecule has 52 heavy (non-hydrogen) atoms. The molecule has 0 bridgehead atoms. The predicted molar refractivity (Wildman–Crippen MR) is 224 cm³/mol. The van der Waals surface area contributed by atoms with E-state index < -0.39 is 17.2 Å². The minimum absolute atomic E-state index is 0.00397. The summed E-state index contributed by atoms with van der Waals surface area (Å²) in [5, 5.41) is 0. The molecular weight excluding hydrogens is 686 g/mol. The van der Waals surface area contributed by atoms with Crippen LogP contribution >= 0.6 is 17.2 Å². The van der Waals surface area contributed by atoms with Crippen LogP contribution in [-0.2, 0) is 27.1 Å².